The van der Waals surface area contributed by atoms with Gasteiger partial charge in [-0.25, -0.2) is 4.98 Å². The first kappa shape index (κ1) is 55.6. The molecule has 3 saturated heterocycles. The fraction of sp³-hybridized carbons (Fsp3) is 0.433. The minimum Gasteiger partial charge on any atom is -0.494 e. The summed E-state index contributed by atoms with van der Waals surface area (Å²) in [6, 6.07) is 30.4. The summed E-state index contributed by atoms with van der Waals surface area (Å²) in [5, 5.41) is 16.4. The number of para-hydroxylation sites is 2. The van der Waals surface area contributed by atoms with Crippen molar-refractivity contribution in [3.8, 4) is 11.5 Å². The zero-order chi connectivity index (χ0) is 56.0. The van der Waals surface area contributed by atoms with Gasteiger partial charge in [0.25, 0.3) is 0 Å². The normalized spacial score (nSPS) is 17.7. The standard InChI is InChI=1S/C60H76ClN13O4P2/c1-70-29-22-59(23-30-70)24-31-72(32-25-59)41-18-20-47(51(36-41)78-4)66-58-67-54(63-48-13-9-11-15-52(48)79(5,6)75)44-21-28-74(56(44)69-58)40-71(2)43-37-60(38-43)26-33-73(34-27-60)42-17-19-46(50(35-42)77-3)65-57-62-39-45(61)55(68-57)64-49-14-10-12-16-53(49)80(7,8)76/h9-21,28,35-36,39,43H,22-27,29-34,37-38,40H2,1-8H3,(H2,62,64,65,68)(H2,63,66,67,69). The van der Waals surface area contributed by atoms with E-state index in [4.69, 9.17) is 31.0 Å². The molecular weight excluding hydrogens is 1060 g/mol. The second kappa shape index (κ2) is 22.5. The van der Waals surface area contributed by atoms with Crippen LogP contribution in [0.3, 0.4) is 0 Å². The van der Waals surface area contributed by atoms with Crippen LogP contribution in [0.15, 0.2) is 103 Å². The Bertz CT molecular complexity index is 3480. The van der Waals surface area contributed by atoms with Crippen LogP contribution in [-0.4, -0.2) is 135 Å². The number of ether oxygens (including phenoxy) is 2. The first-order chi connectivity index (χ1) is 38.4. The van der Waals surface area contributed by atoms with E-state index in [9.17, 15) is 9.13 Å². The summed E-state index contributed by atoms with van der Waals surface area (Å²) in [5.41, 5.74) is 6.79. The average Bonchev–Trinajstić information content (AvgIpc) is 3.98. The monoisotopic (exact) mass is 1140 g/mol. The number of anilines is 10. The number of hydrogen-bond donors (Lipinski definition) is 4. The van der Waals surface area contributed by atoms with Crippen LogP contribution in [-0.2, 0) is 15.8 Å². The van der Waals surface area contributed by atoms with E-state index < -0.39 is 14.3 Å². The molecule has 3 aliphatic heterocycles. The molecule has 4 N–H and O–H groups in total. The van der Waals surface area contributed by atoms with Gasteiger partial charge in [-0.2, -0.15) is 15.0 Å². The molecule has 4 aromatic carbocycles. The van der Waals surface area contributed by atoms with Crippen molar-refractivity contribution < 1.29 is 18.6 Å². The summed E-state index contributed by atoms with van der Waals surface area (Å²) >= 11 is 6.56. The van der Waals surface area contributed by atoms with Crippen molar-refractivity contribution in [1.29, 1.82) is 0 Å². The van der Waals surface area contributed by atoms with E-state index in [0.29, 0.717) is 63.5 Å². The lowest BCUT2D eigenvalue weighted by Crippen LogP contribution is -2.54. The van der Waals surface area contributed by atoms with E-state index in [1.165, 1.54) is 38.8 Å². The number of hydrogen-bond acceptors (Lipinski definition) is 16. The number of benzene rings is 4. The van der Waals surface area contributed by atoms with E-state index in [2.05, 4.69) is 112 Å². The molecule has 0 amide bonds. The molecule has 422 valence electrons. The topological polar surface area (TPSA) is 170 Å². The van der Waals surface area contributed by atoms with E-state index in [0.717, 1.165) is 108 Å². The lowest BCUT2D eigenvalue weighted by Gasteiger charge is -2.55. The third kappa shape index (κ3) is 11.9. The van der Waals surface area contributed by atoms with Gasteiger partial charge in [-0.15, -0.1) is 0 Å². The molecule has 1 saturated carbocycles. The molecule has 0 atom stereocenters. The average molecular weight is 1140 g/mol. The van der Waals surface area contributed by atoms with Gasteiger partial charge < -0.3 is 59.1 Å². The van der Waals surface area contributed by atoms with E-state index in [1.54, 1.807) is 47.1 Å². The first-order valence-electron chi connectivity index (χ1n) is 27.9. The first-order valence-corrected chi connectivity index (χ1v) is 33.5. The minimum absolute atomic E-state index is 0.294. The molecule has 1 aliphatic carbocycles. The van der Waals surface area contributed by atoms with Crippen molar-refractivity contribution in [2.45, 2.75) is 64.1 Å². The highest BCUT2D eigenvalue weighted by Gasteiger charge is 2.47. The Morgan fingerprint density at radius 3 is 1.68 bits per heavy atom. The number of nitrogens with zero attached hydrogens (tertiary/aromatic N) is 9. The van der Waals surface area contributed by atoms with Gasteiger partial charge in [-0.05, 0) is 171 Å². The van der Waals surface area contributed by atoms with Crippen LogP contribution in [0.2, 0.25) is 5.02 Å². The Balaban J connectivity index is 0.753. The molecule has 17 nitrogen and oxygen atoms in total. The van der Waals surface area contributed by atoms with Crippen LogP contribution >= 0.6 is 25.9 Å². The zero-order valence-electron chi connectivity index (χ0n) is 47.4. The van der Waals surface area contributed by atoms with Crippen LogP contribution in [0, 0.1) is 10.8 Å². The maximum atomic E-state index is 13.5. The second-order valence-electron chi connectivity index (χ2n) is 23.6. The summed E-state index contributed by atoms with van der Waals surface area (Å²) in [6.07, 6.45) is 13.1. The second-order valence-corrected chi connectivity index (χ2v) is 30.3. The minimum atomic E-state index is -2.63. The predicted octanol–water partition coefficient (Wildman–Crippen LogP) is 12.0. The number of methoxy groups -OCH3 is 2. The Hall–Kier alpha value is -6.35. The molecule has 0 bridgehead atoms. The molecule has 11 rings (SSSR count). The van der Waals surface area contributed by atoms with Gasteiger partial charge in [-0.3, -0.25) is 4.90 Å². The summed E-state index contributed by atoms with van der Waals surface area (Å²) in [6.45, 7) is 14.1. The lowest BCUT2D eigenvalue weighted by molar-refractivity contribution is -0.0167. The van der Waals surface area contributed by atoms with Crippen LogP contribution in [0.4, 0.5) is 57.7 Å². The lowest BCUT2D eigenvalue weighted by atomic mass is 9.60. The van der Waals surface area contributed by atoms with Crippen LogP contribution in [0.5, 0.6) is 11.5 Å². The number of rotatable bonds is 17. The number of halogens is 1. The van der Waals surface area contributed by atoms with Gasteiger partial charge in [0.15, 0.2) is 5.82 Å². The number of likely N-dealkylation sites (tertiary alicyclic amines) is 1. The third-order valence-corrected chi connectivity index (χ3v) is 20.8. The zero-order valence-corrected chi connectivity index (χ0v) is 50.0. The quantitative estimate of drug-likeness (QED) is 0.0635. The SMILES string of the molecule is COc1cc(N2CCC3(CC2)CC(N(C)Cn2ccc4c(Nc5ccccc5P(C)(C)=O)nc(Nc5ccc(N6CCC7(CCN(C)CC7)CC6)cc5OC)nc42)C3)ccc1Nc1ncc(Cl)c(Nc2ccccc2P(C)(C)=O)n1. The molecule has 2 spiro atoms. The molecule has 80 heavy (non-hydrogen) atoms. The highest BCUT2D eigenvalue weighted by atomic mass is 35.5. The summed E-state index contributed by atoms with van der Waals surface area (Å²) in [7, 11) is 2.66. The Morgan fingerprint density at radius 1 is 0.625 bits per heavy atom. The van der Waals surface area contributed by atoms with Crippen molar-refractivity contribution in [2.75, 3.05) is 125 Å². The molecule has 4 fully saturated rings. The smallest absolute Gasteiger partial charge is 0.231 e. The van der Waals surface area contributed by atoms with E-state index >= 15 is 0 Å². The Kier molecular flexibility index (Phi) is 15.6. The largest absolute Gasteiger partial charge is 0.494 e. The van der Waals surface area contributed by atoms with Crippen LogP contribution in [0.25, 0.3) is 11.0 Å². The fourth-order valence-electron chi connectivity index (χ4n) is 12.5. The van der Waals surface area contributed by atoms with Crippen molar-refractivity contribution in [2.24, 2.45) is 10.8 Å². The third-order valence-electron chi connectivity index (χ3n) is 17.5. The highest BCUT2D eigenvalue weighted by molar-refractivity contribution is 7.70. The summed E-state index contributed by atoms with van der Waals surface area (Å²) in [5.74, 6) is 3.23. The van der Waals surface area contributed by atoms with Gasteiger partial charge in [0.1, 0.15) is 42.3 Å². The number of aromatic nitrogens is 5. The van der Waals surface area contributed by atoms with E-state index in [-0.39, 0.29) is 0 Å². The summed E-state index contributed by atoms with van der Waals surface area (Å²) < 4.78 is 40.8. The van der Waals surface area contributed by atoms with Crippen molar-refractivity contribution in [1.82, 2.24) is 34.3 Å². The molecule has 6 heterocycles. The van der Waals surface area contributed by atoms with Crippen molar-refractivity contribution in [3.63, 3.8) is 0 Å². The van der Waals surface area contributed by atoms with Crippen molar-refractivity contribution >= 4 is 105 Å². The van der Waals surface area contributed by atoms with Gasteiger partial charge in [0.05, 0.1) is 55.2 Å². The predicted molar refractivity (Wildman–Crippen MR) is 330 cm³/mol. The number of piperidine rings is 3. The maximum absolute atomic E-state index is 13.5. The van der Waals surface area contributed by atoms with Gasteiger partial charge in [0.2, 0.25) is 11.9 Å². The molecular formula is C60H76ClN13O4P2. The molecule has 0 unspecified atom stereocenters. The molecule has 0 radical (unpaired) electrons. The Morgan fingerprint density at radius 2 is 1.12 bits per heavy atom. The molecule has 3 aromatic heterocycles. The van der Waals surface area contributed by atoms with E-state index in [1.807, 2.05) is 54.6 Å². The van der Waals surface area contributed by atoms with Gasteiger partial charge in [0, 0.05) is 72.5 Å². The van der Waals surface area contributed by atoms with Gasteiger partial charge >= 0.3 is 0 Å². The number of fused-ring (bicyclic) bond motifs is 1. The van der Waals surface area contributed by atoms with Crippen LogP contribution in [0.1, 0.15) is 51.4 Å². The molecule has 7 aromatic rings. The maximum Gasteiger partial charge on any atom is 0.231 e. The highest BCUT2D eigenvalue weighted by Crippen LogP contribution is 2.52. The van der Waals surface area contributed by atoms with Gasteiger partial charge in [-0.1, -0.05) is 35.9 Å². The fourth-order valence-corrected chi connectivity index (χ4v) is 14.9. The van der Waals surface area contributed by atoms with Crippen LogP contribution < -0.4 is 51.1 Å². The molecule has 20 heteroatoms. The Labute approximate surface area is 476 Å². The molecule has 4 aliphatic rings. The summed E-state index contributed by atoms with van der Waals surface area (Å²) in [4.78, 5) is 29.3. The van der Waals surface area contributed by atoms with Crippen molar-refractivity contribution in [3.05, 3.63) is 108 Å². The number of nitrogens with one attached hydrogen (secondary N) is 4.